The Labute approximate surface area is 89.7 Å². The number of nitrogens with one attached hydrogen (secondary N) is 1. The summed E-state index contributed by atoms with van der Waals surface area (Å²) in [5, 5.41) is 21.0. The van der Waals surface area contributed by atoms with Gasteiger partial charge in [0.2, 0.25) is 5.91 Å². The number of aliphatic hydroxyl groups excluding tert-OH is 2. The van der Waals surface area contributed by atoms with E-state index in [4.69, 9.17) is 10.8 Å². The molecule has 1 aliphatic rings. The van der Waals surface area contributed by atoms with E-state index < -0.39 is 6.04 Å². The van der Waals surface area contributed by atoms with Crippen molar-refractivity contribution in [2.75, 3.05) is 6.61 Å². The zero-order valence-electron chi connectivity index (χ0n) is 9.02. The molecule has 0 aromatic carbocycles. The van der Waals surface area contributed by atoms with Gasteiger partial charge in [-0.25, -0.2) is 0 Å². The summed E-state index contributed by atoms with van der Waals surface area (Å²) in [6.07, 6.45) is 1.99. The van der Waals surface area contributed by atoms with Crippen LogP contribution in [0.25, 0.3) is 0 Å². The summed E-state index contributed by atoms with van der Waals surface area (Å²) in [4.78, 5) is 11.4. The van der Waals surface area contributed by atoms with Gasteiger partial charge in [-0.05, 0) is 25.2 Å². The minimum absolute atomic E-state index is 0.0773. The van der Waals surface area contributed by atoms with Crippen LogP contribution in [0.4, 0.5) is 0 Å². The molecule has 0 bridgehead atoms. The first-order chi connectivity index (χ1) is 7.04. The highest BCUT2D eigenvalue weighted by atomic mass is 16.3. The molecule has 1 saturated carbocycles. The third kappa shape index (κ3) is 3.44. The van der Waals surface area contributed by atoms with Gasteiger partial charge in [0.05, 0.1) is 12.7 Å². The quantitative estimate of drug-likeness (QED) is 0.485. The molecule has 15 heavy (non-hydrogen) atoms. The van der Waals surface area contributed by atoms with Gasteiger partial charge >= 0.3 is 0 Å². The zero-order chi connectivity index (χ0) is 11.4. The summed E-state index contributed by atoms with van der Waals surface area (Å²) in [5.74, 6) is -0.111. The molecule has 5 nitrogen and oxygen atoms in total. The Hall–Kier alpha value is -0.650. The van der Waals surface area contributed by atoms with Crippen LogP contribution in [-0.4, -0.2) is 40.9 Å². The molecule has 5 N–H and O–H groups in total. The van der Waals surface area contributed by atoms with Gasteiger partial charge in [-0.15, -0.1) is 0 Å². The van der Waals surface area contributed by atoms with Gasteiger partial charge in [0, 0.05) is 6.04 Å². The molecule has 0 aromatic rings. The van der Waals surface area contributed by atoms with E-state index in [0.717, 1.165) is 12.8 Å². The SMILES string of the molecule is CC1CC(NC(=O)C(N)CO)CCC1O. The molecule has 1 rings (SSSR count). The first kappa shape index (κ1) is 12.4. The second-order valence-electron chi connectivity index (χ2n) is 4.35. The number of carbonyl (C=O) groups excluding carboxylic acids is 1. The van der Waals surface area contributed by atoms with E-state index in [1.807, 2.05) is 6.92 Å². The lowest BCUT2D eigenvalue weighted by Gasteiger charge is -2.32. The van der Waals surface area contributed by atoms with Crippen molar-refractivity contribution in [1.82, 2.24) is 5.32 Å². The summed E-state index contributed by atoms with van der Waals surface area (Å²) >= 11 is 0. The maximum Gasteiger partial charge on any atom is 0.239 e. The monoisotopic (exact) mass is 216 g/mol. The van der Waals surface area contributed by atoms with Crippen molar-refractivity contribution >= 4 is 5.91 Å². The molecule has 1 amide bonds. The van der Waals surface area contributed by atoms with Gasteiger partial charge in [-0.2, -0.15) is 0 Å². The summed E-state index contributed by atoms with van der Waals surface area (Å²) in [5.41, 5.74) is 5.38. The molecule has 1 aliphatic carbocycles. The number of nitrogens with two attached hydrogens (primary N) is 1. The molecule has 1 fully saturated rings. The summed E-state index contributed by atoms with van der Waals surface area (Å²) in [6, 6.07) is -0.763. The summed E-state index contributed by atoms with van der Waals surface area (Å²) in [7, 11) is 0. The van der Waals surface area contributed by atoms with E-state index in [-0.39, 0.29) is 30.6 Å². The largest absolute Gasteiger partial charge is 0.394 e. The predicted molar refractivity (Wildman–Crippen MR) is 56.0 cm³/mol. The highest BCUT2D eigenvalue weighted by Gasteiger charge is 2.27. The van der Waals surface area contributed by atoms with Crippen LogP contribution in [0.2, 0.25) is 0 Å². The zero-order valence-corrected chi connectivity index (χ0v) is 9.02. The Morgan fingerprint density at radius 2 is 2.27 bits per heavy atom. The number of amides is 1. The van der Waals surface area contributed by atoms with Crippen molar-refractivity contribution < 1.29 is 15.0 Å². The van der Waals surface area contributed by atoms with Gasteiger partial charge in [0.25, 0.3) is 0 Å². The molecule has 0 heterocycles. The van der Waals surface area contributed by atoms with E-state index in [0.29, 0.717) is 6.42 Å². The third-order valence-corrected chi connectivity index (χ3v) is 3.00. The number of aliphatic hydroxyl groups is 2. The van der Waals surface area contributed by atoms with Crippen molar-refractivity contribution in [3.8, 4) is 0 Å². The van der Waals surface area contributed by atoms with Crippen molar-refractivity contribution in [1.29, 1.82) is 0 Å². The predicted octanol–water partition coefficient (Wildman–Crippen LogP) is -1.03. The lowest BCUT2D eigenvalue weighted by Crippen LogP contribution is -2.49. The van der Waals surface area contributed by atoms with E-state index in [1.165, 1.54) is 0 Å². The van der Waals surface area contributed by atoms with Gasteiger partial charge in [0.1, 0.15) is 6.04 Å². The molecule has 0 saturated heterocycles. The van der Waals surface area contributed by atoms with E-state index in [1.54, 1.807) is 0 Å². The van der Waals surface area contributed by atoms with Crippen LogP contribution in [0.5, 0.6) is 0 Å². The fraction of sp³-hybridized carbons (Fsp3) is 0.900. The first-order valence-corrected chi connectivity index (χ1v) is 5.39. The minimum atomic E-state index is -0.841. The summed E-state index contributed by atoms with van der Waals surface area (Å²) < 4.78 is 0. The highest BCUT2D eigenvalue weighted by Crippen LogP contribution is 2.24. The molecule has 5 heteroatoms. The Morgan fingerprint density at radius 3 is 2.80 bits per heavy atom. The Bertz CT molecular complexity index is 223. The number of hydrogen-bond donors (Lipinski definition) is 4. The number of rotatable bonds is 3. The smallest absolute Gasteiger partial charge is 0.239 e. The number of hydrogen-bond acceptors (Lipinski definition) is 4. The highest BCUT2D eigenvalue weighted by molar-refractivity contribution is 5.81. The van der Waals surface area contributed by atoms with Crippen LogP contribution in [-0.2, 0) is 4.79 Å². The van der Waals surface area contributed by atoms with Crippen molar-refractivity contribution in [3.05, 3.63) is 0 Å². The Balaban J connectivity index is 2.36. The molecule has 4 unspecified atom stereocenters. The normalized spacial score (nSPS) is 33.5. The maximum absolute atomic E-state index is 11.4. The van der Waals surface area contributed by atoms with Gasteiger partial charge in [-0.1, -0.05) is 6.92 Å². The molecular formula is C10H20N2O3. The number of carbonyl (C=O) groups is 1. The average Bonchev–Trinajstić information content (AvgIpc) is 2.22. The molecule has 0 spiro atoms. The molecular weight excluding hydrogens is 196 g/mol. The average molecular weight is 216 g/mol. The van der Waals surface area contributed by atoms with E-state index in [9.17, 15) is 9.90 Å². The van der Waals surface area contributed by atoms with E-state index >= 15 is 0 Å². The molecule has 4 atom stereocenters. The topological polar surface area (TPSA) is 95.6 Å². The lowest BCUT2D eigenvalue weighted by atomic mass is 9.84. The fourth-order valence-electron chi connectivity index (χ4n) is 1.90. The van der Waals surface area contributed by atoms with Gasteiger partial charge in [-0.3, -0.25) is 4.79 Å². The van der Waals surface area contributed by atoms with Gasteiger partial charge < -0.3 is 21.3 Å². The van der Waals surface area contributed by atoms with Crippen LogP contribution in [0, 0.1) is 5.92 Å². The van der Waals surface area contributed by atoms with Crippen molar-refractivity contribution in [2.24, 2.45) is 11.7 Å². The minimum Gasteiger partial charge on any atom is -0.394 e. The van der Waals surface area contributed by atoms with Crippen LogP contribution >= 0.6 is 0 Å². The van der Waals surface area contributed by atoms with Crippen LogP contribution in [0.3, 0.4) is 0 Å². The van der Waals surface area contributed by atoms with E-state index in [2.05, 4.69) is 5.32 Å². The molecule has 0 radical (unpaired) electrons. The van der Waals surface area contributed by atoms with Crippen molar-refractivity contribution in [3.63, 3.8) is 0 Å². The first-order valence-electron chi connectivity index (χ1n) is 5.39. The fourth-order valence-corrected chi connectivity index (χ4v) is 1.90. The Morgan fingerprint density at radius 1 is 1.60 bits per heavy atom. The maximum atomic E-state index is 11.4. The van der Waals surface area contributed by atoms with Crippen LogP contribution in [0.1, 0.15) is 26.2 Å². The summed E-state index contributed by atoms with van der Waals surface area (Å²) in [6.45, 7) is 1.63. The lowest BCUT2D eigenvalue weighted by molar-refractivity contribution is -0.124. The second-order valence-corrected chi connectivity index (χ2v) is 4.35. The second kappa shape index (κ2) is 5.44. The molecule has 0 aromatic heterocycles. The van der Waals surface area contributed by atoms with Gasteiger partial charge in [0.15, 0.2) is 0 Å². The third-order valence-electron chi connectivity index (χ3n) is 3.00. The van der Waals surface area contributed by atoms with Crippen LogP contribution < -0.4 is 11.1 Å². The van der Waals surface area contributed by atoms with Crippen molar-refractivity contribution in [2.45, 2.75) is 44.4 Å². The standard InChI is InChI=1S/C10H20N2O3/c1-6-4-7(2-3-9(6)14)12-10(15)8(11)5-13/h6-9,13-14H,2-5,11H2,1H3,(H,12,15). The molecule has 88 valence electrons. The Kier molecular flexibility index (Phi) is 4.50. The van der Waals surface area contributed by atoms with Crippen LogP contribution in [0.15, 0.2) is 0 Å². The molecule has 0 aliphatic heterocycles.